The van der Waals surface area contributed by atoms with Gasteiger partial charge < -0.3 is 23.9 Å². The van der Waals surface area contributed by atoms with Crippen LogP contribution >= 0.6 is 0 Å². The molecule has 2 unspecified atom stereocenters. The van der Waals surface area contributed by atoms with E-state index in [-0.39, 0.29) is 12.0 Å². The molecule has 0 spiro atoms. The molecule has 2 atom stereocenters. The predicted octanol–water partition coefficient (Wildman–Crippen LogP) is 0.594. The van der Waals surface area contributed by atoms with Crippen LogP contribution in [0.25, 0.3) is 0 Å². The fraction of sp³-hybridized carbons (Fsp3) is 0.706. The van der Waals surface area contributed by atoms with E-state index in [2.05, 4.69) is 4.90 Å². The zero-order chi connectivity index (χ0) is 16.8. The van der Waals surface area contributed by atoms with Crippen molar-refractivity contribution >= 4 is 5.91 Å². The number of furan rings is 1. The highest BCUT2D eigenvalue weighted by atomic mass is 16.5. The van der Waals surface area contributed by atoms with Gasteiger partial charge in [-0.1, -0.05) is 0 Å². The van der Waals surface area contributed by atoms with Gasteiger partial charge in [0.25, 0.3) is 5.91 Å². The van der Waals surface area contributed by atoms with Gasteiger partial charge in [0.05, 0.1) is 31.7 Å². The first kappa shape index (κ1) is 17.4. The maximum absolute atomic E-state index is 12.2. The number of piperazine rings is 1. The number of aliphatic hydroxyl groups is 1. The number of nitrogens with zero attached hydrogens (tertiary/aromatic N) is 2. The van der Waals surface area contributed by atoms with Crippen LogP contribution < -0.4 is 0 Å². The van der Waals surface area contributed by atoms with E-state index in [4.69, 9.17) is 13.9 Å². The Labute approximate surface area is 142 Å². The lowest BCUT2D eigenvalue weighted by Gasteiger charge is -2.35. The highest BCUT2D eigenvalue weighted by molar-refractivity contribution is 5.91. The van der Waals surface area contributed by atoms with Gasteiger partial charge >= 0.3 is 0 Å². The van der Waals surface area contributed by atoms with Crippen LogP contribution in [-0.4, -0.2) is 85.6 Å². The lowest BCUT2D eigenvalue weighted by atomic mass is 10.2. The zero-order valence-electron chi connectivity index (χ0n) is 13.9. The van der Waals surface area contributed by atoms with Gasteiger partial charge in [0.2, 0.25) is 0 Å². The second-order valence-corrected chi connectivity index (χ2v) is 6.40. The number of carbonyl (C=O) groups is 1. The molecule has 0 saturated carbocycles. The fourth-order valence-corrected chi connectivity index (χ4v) is 3.15. The van der Waals surface area contributed by atoms with Gasteiger partial charge in [0.1, 0.15) is 0 Å². The van der Waals surface area contributed by atoms with Crippen LogP contribution in [0.1, 0.15) is 23.4 Å². The second kappa shape index (κ2) is 8.62. The Bertz CT molecular complexity index is 493. The number of ether oxygens (including phenoxy) is 2. The lowest BCUT2D eigenvalue weighted by molar-refractivity contribution is -0.0280. The summed E-state index contributed by atoms with van der Waals surface area (Å²) < 4.78 is 16.2. The molecule has 0 bridgehead atoms. The summed E-state index contributed by atoms with van der Waals surface area (Å²) in [5, 5.41) is 10.1. The topological polar surface area (TPSA) is 75.4 Å². The van der Waals surface area contributed by atoms with E-state index in [0.717, 1.165) is 32.5 Å². The molecular formula is C17H26N2O5. The minimum atomic E-state index is -0.515. The Morgan fingerprint density at radius 2 is 2.21 bits per heavy atom. The molecule has 1 N–H and O–H groups in total. The first-order valence-corrected chi connectivity index (χ1v) is 8.65. The van der Waals surface area contributed by atoms with E-state index in [0.29, 0.717) is 38.6 Å². The third-order valence-electron chi connectivity index (χ3n) is 4.50. The van der Waals surface area contributed by atoms with Crippen LogP contribution in [0.4, 0.5) is 0 Å². The quantitative estimate of drug-likeness (QED) is 0.784. The molecule has 2 aliphatic heterocycles. The standard InChI is InChI=1S/C17H26N2O5/c20-14(12-22-13-15-3-1-9-23-15)11-18-5-7-19(8-6-18)17(21)16-4-2-10-24-16/h2,4,10,14-15,20H,1,3,5-9,11-13H2. The number of rotatable bonds is 7. The van der Waals surface area contributed by atoms with Crippen molar-refractivity contribution in [1.29, 1.82) is 0 Å². The molecule has 24 heavy (non-hydrogen) atoms. The number of β-amino-alcohol motifs (C(OH)–C–C–N with tert-alkyl or cyclic N) is 1. The van der Waals surface area contributed by atoms with Crippen LogP contribution in [0, 0.1) is 0 Å². The maximum atomic E-state index is 12.2. The van der Waals surface area contributed by atoms with Crippen molar-refractivity contribution in [1.82, 2.24) is 9.80 Å². The van der Waals surface area contributed by atoms with Gasteiger partial charge in [-0.15, -0.1) is 0 Å². The third-order valence-corrected chi connectivity index (χ3v) is 4.50. The molecule has 0 radical (unpaired) electrons. The SMILES string of the molecule is O=C(c1ccco1)N1CCN(CC(O)COCC2CCCO2)CC1. The number of aliphatic hydroxyl groups excluding tert-OH is 1. The molecule has 3 heterocycles. The molecule has 0 aliphatic carbocycles. The largest absolute Gasteiger partial charge is 0.459 e. The summed E-state index contributed by atoms with van der Waals surface area (Å²) in [5.74, 6) is 0.311. The molecule has 1 amide bonds. The Balaban J connectivity index is 1.32. The molecule has 1 aromatic heterocycles. The third kappa shape index (κ3) is 4.80. The highest BCUT2D eigenvalue weighted by Gasteiger charge is 2.25. The summed E-state index contributed by atoms with van der Waals surface area (Å²) in [4.78, 5) is 16.1. The summed E-state index contributed by atoms with van der Waals surface area (Å²) in [6.07, 6.45) is 3.32. The molecule has 1 aromatic rings. The minimum absolute atomic E-state index is 0.0694. The predicted molar refractivity (Wildman–Crippen MR) is 86.9 cm³/mol. The van der Waals surface area contributed by atoms with Gasteiger partial charge in [0, 0.05) is 39.3 Å². The molecule has 7 nitrogen and oxygen atoms in total. The minimum Gasteiger partial charge on any atom is -0.459 e. The summed E-state index contributed by atoms with van der Waals surface area (Å²) in [6.45, 7) is 5.04. The van der Waals surface area contributed by atoms with Crippen molar-refractivity contribution in [2.45, 2.75) is 25.0 Å². The van der Waals surface area contributed by atoms with Crippen molar-refractivity contribution in [3.8, 4) is 0 Å². The van der Waals surface area contributed by atoms with E-state index in [1.165, 1.54) is 6.26 Å². The lowest BCUT2D eigenvalue weighted by Crippen LogP contribution is -2.50. The Morgan fingerprint density at radius 1 is 1.38 bits per heavy atom. The summed E-state index contributed by atoms with van der Waals surface area (Å²) in [6, 6.07) is 3.40. The first-order chi connectivity index (χ1) is 11.7. The normalized spacial score (nSPS) is 23.5. The van der Waals surface area contributed by atoms with Crippen molar-refractivity contribution in [2.75, 3.05) is 52.5 Å². The number of hydrogen-bond acceptors (Lipinski definition) is 6. The van der Waals surface area contributed by atoms with Crippen LogP contribution in [0.15, 0.2) is 22.8 Å². The number of carbonyl (C=O) groups excluding carboxylic acids is 1. The molecule has 2 aliphatic rings. The molecule has 0 aromatic carbocycles. The van der Waals surface area contributed by atoms with Crippen LogP contribution in [-0.2, 0) is 9.47 Å². The molecule has 134 valence electrons. The average Bonchev–Trinajstić information content (AvgIpc) is 3.29. The monoisotopic (exact) mass is 338 g/mol. The molecule has 3 rings (SSSR count). The summed E-state index contributed by atoms with van der Waals surface area (Å²) in [7, 11) is 0. The second-order valence-electron chi connectivity index (χ2n) is 6.40. The van der Waals surface area contributed by atoms with E-state index < -0.39 is 6.10 Å². The Morgan fingerprint density at radius 3 is 2.88 bits per heavy atom. The molecule has 7 heteroatoms. The van der Waals surface area contributed by atoms with Gasteiger partial charge in [-0.2, -0.15) is 0 Å². The van der Waals surface area contributed by atoms with Crippen molar-refractivity contribution in [3.05, 3.63) is 24.2 Å². The van der Waals surface area contributed by atoms with Crippen LogP contribution in [0.3, 0.4) is 0 Å². The first-order valence-electron chi connectivity index (χ1n) is 8.65. The van der Waals surface area contributed by atoms with Crippen molar-refractivity contribution in [2.24, 2.45) is 0 Å². The van der Waals surface area contributed by atoms with E-state index in [9.17, 15) is 9.90 Å². The van der Waals surface area contributed by atoms with E-state index in [1.54, 1.807) is 17.0 Å². The zero-order valence-corrected chi connectivity index (χ0v) is 13.9. The van der Waals surface area contributed by atoms with Gasteiger partial charge in [-0.3, -0.25) is 9.69 Å². The van der Waals surface area contributed by atoms with Crippen LogP contribution in [0.5, 0.6) is 0 Å². The summed E-state index contributed by atoms with van der Waals surface area (Å²) in [5.41, 5.74) is 0. The van der Waals surface area contributed by atoms with Crippen LogP contribution in [0.2, 0.25) is 0 Å². The molecular weight excluding hydrogens is 312 g/mol. The van der Waals surface area contributed by atoms with Gasteiger partial charge in [-0.05, 0) is 25.0 Å². The van der Waals surface area contributed by atoms with Gasteiger partial charge in [-0.25, -0.2) is 0 Å². The van der Waals surface area contributed by atoms with E-state index in [1.807, 2.05) is 0 Å². The van der Waals surface area contributed by atoms with E-state index >= 15 is 0 Å². The molecule has 2 saturated heterocycles. The highest BCUT2D eigenvalue weighted by Crippen LogP contribution is 2.12. The van der Waals surface area contributed by atoms with Crippen molar-refractivity contribution < 1.29 is 23.8 Å². The van der Waals surface area contributed by atoms with Crippen molar-refractivity contribution in [3.63, 3.8) is 0 Å². The average molecular weight is 338 g/mol. The smallest absolute Gasteiger partial charge is 0.289 e. The fourth-order valence-electron chi connectivity index (χ4n) is 3.15. The number of hydrogen-bond donors (Lipinski definition) is 1. The molecule has 2 fully saturated rings. The Hall–Kier alpha value is -1.41. The number of amides is 1. The summed E-state index contributed by atoms with van der Waals surface area (Å²) >= 11 is 0. The van der Waals surface area contributed by atoms with Gasteiger partial charge in [0.15, 0.2) is 5.76 Å². The maximum Gasteiger partial charge on any atom is 0.289 e. The Kier molecular flexibility index (Phi) is 6.25.